The number of hydrogen-bond acceptors (Lipinski definition) is 12. The van der Waals surface area contributed by atoms with Crippen molar-refractivity contribution >= 4 is 24.2 Å². The highest BCUT2D eigenvalue weighted by atomic mass is 17.5. The van der Waals surface area contributed by atoms with Crippen LogP contribution in [0, 0.1) is 5.92 Å². The molecule has 38 heavy (non-hydrogen) atoms. The summed E-state index contributed by atoms with van der Waals surface area (Å²) in [5.41, 5.74) is 2.54. The number of aryl methyl sites for hydroxylation is 2. The third-order valence-electron chi connectivity index (χ3n) is 5.28. The zero-order valence-corrected chi connectivity index (χ0v) is 21.3. The molecule has 0 spiro atoms. The van der Waals surface area contributed by atoms with Crippen molar-refractivity contribution in [2.45, 2.75) is 46.5 Å². The van der Waals surface area contributed by atoms with Crippen LogP contribution in [-0.2, 0) is 51.9 Å². The largest absolute Gasteiger partial charge is 0.543 e. The van der Waals surface area contributed by atoms with Crippen molar-refractivity contribution in [2.75, 3.05) is 13.2 Å². The minimum atomic E-state index is -1.20. The number of rotatable bonds is 14. The molecule has 2 aromatic carbocycles. The first-order valence-corrected chi connectivity index (χ1v) is 11.9. The average Bonchev–Trinajstić information content (AvgIpc) is 2.93. The number of benzene rings is 2. The Morgan fingerprint density at radius 3 is 1.32 bits per heavy atom. The van der Waals surface area contributed by atoms with Gasteiger partial charge in [0.2, 0.25) is 0 Å². The predicted octanol–water partition coefficient (Wildman–Crippen LogP) is 5.24. The van der Waals surface area contributed by atoms with Gasteiger partial charge in [-0.2, -0.15) is 0 Å². The summed E-state index contributed by atoms with van der Waals surface area (Å²) < 4.78 is 9.61. The van der Waals surface area contributed by atoms with Gasteiger partial charge in [0.15, 0.2) is 0 Å². The van der Waals surface area contributed by atoms with E-state index in [2.05, 4.69) is 29.6 Å². The molecule has 0 N–H and O–H groups in total. The first-order chi connectivity index (χ1) is 18.3. The highest BCUT2D eigenvalue weighted by Crippen LogP contribution is 2.10. The van der Waals surface area contributed by atoms with Gasteiger partial charge in [-0.1, -0.05) is 45.0 Å². The zero-order valence-electron chi connectivity index (χ0n) is 21.3. The lowest BCUT2D eigenvalue weighted by molar-refractivity contribution is -0.452. The van der Waals surface area contributed by atoms with Crippen LogP contribution in [0.25, 0.3) is 0 Å². The second-order valence-corrected chi connectivity index (χ2v) is 8.02. The smallest absolute Gasteiger partial charge is 0.432 e. The van der Waals surface area contributed by atoms with Crippen molar-refractivity contribution in [2.24, 2.45) is 5.92 Å². The van der Waals surface area contributed by atoms with Gasteiger partial charge in [0, 0.05) is 0 Å². The van der Waals surface area contributed by atoms with Crippen LogP contribution in [0.5, 0.6) is 0 Å². The molecule has 0 unspecified atom stereocenters. The van der Waals surface area contributed by atoms with Gasteiger partial charge in [0.25, 0.3) is 0 Å². The number of carbonyl (C=O) groups is 4. The standard InChI is InChI=1S/C26H30O12/c1-4-19-6-10-21(11-7-19)23(27)33-37-35-25(29)31-16-14-18(3)15-17-32-26(30)36-38-34-24(28)22-12-8-20(5-2)9-13-22/h6-13,18H,4-5,14-17H2,1-3H3. The number of ether oxygens (including phenoxy) is 2. The molecule has 0 saturated heterocycles. The SMILES string of the molecule is CCc1ccc(C(=O)OOOC(=O)OCCC(C)CCOC(=O)OOOC(=O)c2ccc(CC)cc2)cc1. The van der Waals surface area contributed by atoms with E-state index in [0.29, 0.717) is 12.8 Å². The van der Waals surface area contributed by atoms with Crippen LogP contribution in [0.4, 0.5) is 9.59 Å². The summed E-state index contributed by atoms with van der Waals surface area (Å²) in [5.74, 6) is -1.69. The van der Waals surface area contributed by atoms with Crippen molar-refractivity contribution in [3.63, 3.8) is 0 Å². The van der Waals surface area contributed by atoms with Gasteiger partial charge < -0.3 is 9.47 Å². The van der Waals surface area contributed by atoms with Crippen LogP contribution in [0.3, 0.4) is 0 Å². The van der Waals surface area contributed by atoms with Gasteiger partial charge in [-0.05, 0) is 67.0 Å². The molecule has 0 aliphatic carbocycles. The van der Waals surface area contributed by atoms with Crippen molar-refractivity contribution in [1.29, 1.82) is 0 Å². The quantitative estimate of drug-likeness (QED) is 0.178. The van der Waals surface area contributed by atoms with Crippen LogP contribution in [-0.4, -0.2) is 37.5 Å². The fraction of sp³-hybridized carbons (Fsp3) is 0.385. The van der Waals surface area contributed by atoms with Crippen LogP contribution >= 0.6 is 0 Å². The maximum Gasteiger partial charge on any atom is 0.543 e. The number of carbonyl (C=O) groups excluding carboxylic acids is 4. The Kier molecular flexibility index (Phi) is 13.1. The molecule has 2 rings (SSSR count). The summed E-state index contributed by atoms with van der Waals surface area (Å²) in [4.78, 5) is 63.8. The molecular weight excluding hydrogens is 504 g/mol. The molecule has 0 radical (unpaired) electrons. The van der Waals surface area contributed by atoms with E-state index in [1.54, 1.807) is 48.5 Å². The van der Waals surface area contributed by atoms with E-state index in [1.807, 2.05) is 20.8 Å². The average molecular weight is 535 g/mol. The number of hydrogen-bond donors (Lipinski definition) is 0. The second-order valence-electron chi connectivity index (χ2n) is 8.02. The minimum Gasteiger partial charge on any atom is -0.432 e. The molecule has 0 amide bonds. The molecule has 0 heterocycles. The van der Waals surface area contributed by atoms with Gasteiger partial charge in [-0.3, -0.25) is 9.78 Å². The normalized spacial score (nSPS) is 10.4. The lowest BCUT2D eigenvalue weighted by atomic mass is 10.1. The van der Waals surface area contributed by atoms with Crippen LogP contribution in [0.1, 0.15) is 65.5 Å². The summed E-state index contributed by atoms with van der Waals surface area (Å²) in [6.45, 7) is 5.73. The molecule has 0 aliphatic heterocycles. The van der Waals surface area contributed by atoms with E-state index in [-0.39, 0.29) is 30.3 Å². The van der Waals surface area contributed by atoms with Crippen molar-refractivity contribution in [3.05, 3.63) is 70.8 Å². The first-order valence-electron chi connectivity index (χ1n) is 11.9. The Hall–Kier alpha value is -4.16. The lowest BCUT2D eigenvalue weighted by Crippen LogP contribution is -2.15. The van der Waals surface area contributed by atoms with Crippen LogP contribution in [0.2, 0.25) is 0 Å². The molecule has 0 aliphatic rings. The van der Waals surface area contributed by atoms with E-state index >= 15 is 0 Å². The third-order valence-corrected chi connectivity index (χ3v) is 5.28. The Bertz CT molecular complexity index is 950. The van der Waals surface area contributed by atoms with Crippen LogP contribution < -0.4 is 0 Å². The first kappa shape index (κ1) is 30.1. The summed E-state index contributed by atoms with van der Waals surface area (Å²) >= 11 is 0. The van der Waals surface area contributed by atoms with Gasteiger partial charge >= 0.3 is 24.2 Å². The molecule has 12 heteroatoms. The van der Waals surface area contributed by atoms with Crippen LogP contribution in [0.15, 0.2) is 48.5 Å². The van der Waals surface area contributed by atoms with Gasteiger partial charge in [0.05, 0.1) is 34.4 Å². The predicted molar refractivity (Wildman–Crippen MR) is 128 cm³/mol. The van der Waals surface area contributed by atoms with Crippen molar-refractivity contribution in [1.82, 2.24) is 0 Å². The van der Waals surface area contributed by atoms with Gasteiger partial charge in [-0.25, -0.2) is 29.0 Å². The maximum absolute atomic E-state index is 11.8. The third kappa shape index (κ3) is 11.3. The van der Waals surface area contributed by atoms with Gasteiger partial charge in [0.1, 0.15) is 0 Å². The Labute approximate surface area is 219 Å². The zero-order chi connectivity index (χ0) is 27.8. The topological polar surface area (TPSA) is 142 Å². The van der Waals surface area contributed by atoms with E-state index in [9.17, 15) is 19.2 Å². The fourth-order valence-corrected chi connectivity index (χ4v) is 2.88. The Balaban J connectivity index is 1.49. The van der Waals surface area contributed by atoms with E-state index < -0.39 is 24.2 Å². The molecule has 0 bridgehead atoms. The molecule has 0 fully saturated rings. The Morgan fingerprint density at radius 2 is 0.974 bits per heavy atom. The minimum absolute atomic E-state index is 0.0229. The second kappa shape index (κ2) is 16.6. The molecule has 0 aromatic heterocycles. The maximum atomic E-state index is 11.8. The molecule has 0 atom stereocenters. The fourth-order valence-electron chi connectivity index (χ4n) is 2.88. The summed E-state index contributed by atoms with van der Waals surface area (Å²) in [7, 11) is 0. The van der Waals surface area contributed by atoms with Crippen molar-refractivity contribution < 1.29 is 58.3 Å². The van der Waals surface area contributed by atoms with E-state index in [4.69, 9.17) is 9.47 Å². The Morgan fingerprint density at radius 1 is 0.605 bits per heavy atom. The van der Waals surface area contributed by atoms with Crippen molar-refractivity contribution in [3.8, 4) is 0 Å². The van der Waals surface area contributed by atoms with E-state index in [0.717, 1.165) is 24.0 Å². The summed E-state index contributed by atoms with van der Waals surface area (Å²) in [6.07, 6.45) is 0.0619. The molecule has 12 nitrogen and oxygen atoms in total. The molecule has 0 saturated carbocycles. The highest BCUT2D eigenvalue weighted by Gasteiger charge is 2.15. The molecule has 206 valence electrons. The lowest BCUT2D eigenvalue weighted by Gasteiger charge is -2.11. The van der Waals surface area contributed by atoms with Gasteiger partial charge in [-0.15, -0.1) is 0 Å². The summed E-state index contributed by atoms with van der Waals surface area (Å²) in [5, 5.41) is 8.32. The molecular formula is C26H30O12. The monoisotopic (exact) mass is 534 g/mol. The molecule has 2 aromatic rings. The highest BCUT2D eigenvalue weighted by molar-refractivity contribution is 5.89. The summed E-state index contributed by atoms with van der Waals surface area (Å²) in [6, 6.07) is 13.3. The van der Waals surface area contributed by atoms with E-state index in [1.165, 1.54) is 0 Å².